The Hall–Kier alpha value is -3.08. The van der Waals surface area contributed by atoms with Crippen molar-refractivity contribution < 1.29 is 12.8 Å². The van der Waals surface area contributed by atoms with Crippen molar-refractivity contribution >= 4 is 10.0 Å². The second-order valence-electron chi connectivity index (χ2n) is 6.75. The SMILES string of the molecule is CN(C)S(=O)(=O)c1ccc(-c2ccccc2)cc1-n1cnn(C/C(=C/F)CN)c1=O. The van der Waals surface area contributed by atoms with E-state index in [2.05, 4.69) is 5.10 Å². The quantitative estimate of drug-likeness (QED) is 0.614. The first kappa shape index (κ1) is 21.6. The first-order chi connectivity index (χ1) is 14.3. The van der Waals surface area contributed by atoms with Crippen molar-refractivity contribution in [1.82, 2.24) is 18.7 Å². The molecule has 1 heterocycles. The summed E-state index contributed by atoms with van der Waals surface area (Å²) in [4.78, 5) is 12.9. The molecule has 0 radical (unpaired) electrons. The maximum absolute atomic E-state index is 12.9. The van der Waals surface area contributed by atoms with Crippen molar-refractivity contribution in [1.29, 1.82) is 0 Å². The molecule has 0 saturated carbocycles. The van der Waals surface area contributed by atoms with Gasteiger partial charge in [0.25, 0.3) is 0 Å². The molecule has 0 aliphatic heterocycles. The molecule has 2 N–H and O–H groups in total. The van der Waals surface area contributed by atoms with E-state index in [0.29, 0.717) is 6.33 Å². The van der Waals surface area contributed by atoms with Gasteiger partial charge in [-0.1, -0.05) is 36.4 Å². The highest BCUT2D eigenvalue weighted by Crippen LogP contribution is 2.28. The zero-order valence-corrected chi connectivity index (χ0v) is 17.4. The van der Waals surface area contributed by atoms with E-state index in [1.165, 1.54) is 26.5 Å². The Kier molecular flexibility index (Phi) is 6.30. The van der Waals surface area contributed by atoms with Gasteiger partial charge < -0.3 is 5.73 Å². The summed E-state index contributed by atoms with van der Waals surface area (Å²) in [5, 5.41) is 3.99. The van der Waals surface area contributed by atoms with Gasteiger partial charge in [-0.2, -0.15) is 5.10 Å². The monoisotopic (exact) mass is 431 g/mol. The molecule has 0 amide bonds. The number of nitrogens with two attached hydrogens (primary N) is 1. The Bertz CT molecular complexity index is 1230. The summed E-state index contributed by atoms with van der Waals surface area (Å²) < 4.78 is 41.9. The Morgan fingerprint density at radius 1 is 1.17 bits per heavy atom. The molecular formula is C20H22FN5O3S. The highest BCUT2D eigenvalue weighted by Gasteiger charge is 2.24. The number of rotatable bonds is 7. The molecule has 0 saturated heterocycles. The average Bonchev–Trinajstić information content (AvgIpc) is 3.11. The third kappa shape index (κ3) is 4.11. The third-order valence-corrected chi connectivity index (χ3v) is 6.45. The Morgan fingerprint density at radius 2 is 1.87 bits per heavy atom. The molecule has 0 atom stereocenters. The van der Waals surface area contributed by atoms with E-state index in [1.807, 2.05) is 30.3 Å². The second kappa shape index (κ2) is 8.74. The van der Waals surface area contributed by atoms with Crippen LogP contribution in [0.1, 0.15) is 0 Å². The summed E-state index contributed by atoms with van der Waals surface area (Å²) in [6, 6.07) is 14.1. The highest BCUT2D eigenvalue weighted by atomic mass is 32.2. The molecule has 0 bridgehead atoms. The van der Waals surface area contributed by atoms with Crippen molar-refractivity contribution in [3.05, 3.63) is 77.2 Å². The molecule has 0 spiro atoms. The van der Waals surface area contributed by atoms with Gasteiger partial charge in [0.1, 0.15) is 11.2 Å². The largest absolute Gasteiger partial charge is 0.350 e. The van der Waals surface area contributed by atoms with Crippen molar-refractivity contribution in [2.45, 2.75) is 11.4 Å². The standard InChI is InChI=1S/C20H22FN5O3S/c1-24(2)30(28,29)19-9-8-17(16-6-4-3-5-7-16)10-18(19)25-14-23-26(20(25)27)13-15(11-21)12-22/h3-11,14H,12-13,22H2,1-2H3/b15-11+. The first-order valence-corrected chi connectivity index (χ1v) is 10.5. The van der Waals surface area contributed by atoms with Gasteiger partial charge in [0.15, 0.2) is 0 Å². The zero-order chi connectivity index (χ0) is 21.9. The van der Waals surface area contributed by atoms with Crippen LogP contribution in [0.4, 0.5) is 4.39 Å². The summed E-state index contributed by atoms with van der Waals surface area (Å²) in [6.45, 7) is -0.202. The average molecular weight is 431 g/mol. The molecule has 10 heteroatoms. The fourth-order valence-corrected chi connectivity index (χ4v) is 3.93. The van der Waals surface area contributed by atoms with E-state index in [9.17, 15) is 17.6 Å². The van der Waals surface area contributed by atoms with Crippen LogP contribution in [-0.4, -0.2) is 47.7 Å². The molecule has 158 valence electrons. The van der Waals surface area contributed by atoms with Crippen LogP contribution >= 0.6 is 0 Å². The van der Waals surface area contributed by atoms with Gasteiger partial charge in [0.05, 0.1) is 18.6 Å². The van der Waals surface area contributed by atoms with Crippen LogP contribution in [0.2, 0.25) is 0 Å². The maximum atomic E-state index is 12.9. The normalized spacial score (nSPS) is 12.5. The van der Waals surface area contributed by atoms with E-state index in [4.69, 9.17) is 5.73 Å². The van der Waals surface area contributed by atoms with E-state index in [0.717, 1.165) is 24.7 Å². The molecule has 0 aliphatic rings. The third-order valence-electron chi connectivity index (χ3n) is 4.59. The van der Waals surface area contributed by atoms with Crippen LogP contribution in [0.3, 0.4) is 0 Å². The smallest absolute Gasteiger partial charge is 0.327 e. The molecule has 1 aromatic heterocycles. The molecule has 3 aromatic rings. The second-order valence-corrected chi connectivity index (χ2v) is 8.87. The number of aromatic nitrogens is 3. The lowest BCUT2D eigenvalue weighted by Gasteiger charge is -2.16. The molecule has 0 unspecified atom stereocenters. The molecule has 3 rings (SSSR count). The fraction of sp³-hybridized carbons (Fsp3) is 0.200. The lowest BCUT2D eigenvalue weighted by atomic mass is 10.1. The van der Waals surface area contributed by atoms with Crippen LogP contribution in [0.15, 0.2) is 76.5 Å². The summed E-state index contributed by atoms with van der Waals surface area (Å²) >= 11 is 0. The molecular weight excluding hydrogens is 409 g/mol. The topological polar surface area (TPSA) is 103 Å². The number of hydrogen-bond donors (Lipinski definition) is 1. The number of benzene rings is 2. The van der Waals surface area contributed by atoms with Crippen LogP contribution in [-0.2, 0) is 16.6 Å². The van der Waals surface area contributed by atoms with Crippen molar-refractivity contribution in [2.24, 2.45) is 5.73 Å². The van der Waals surface area contributed by atoms with Gasteiger partial charge in [-0.25, -0.2) is 31.2 Å². The minimum atomic E-state index is -3.85. The summed E-state index contributed by atoms with van der Waals surface area (Å²) in [5.74, 6) is 0. The number of nitrogens with zero attached hydrogens (tertiary/aromatic N) is 4. The van der Waals surface area contributed by atoms with Gasteiger partial charge in [-0.05, 0) is 28.8 Å². The predicted molar refractivity (Wildman–Crippen MR) is 112 cm³/mol. The Labute approximate surface area is 173 Å². The molecule has 8 nitrogen and oxygen atoms in total. The van der Waals surface area contributed by atoms with Crippen molar-refractivity contribution in [2.75, 3.05) is 20.6 Å². The van der Waals surface area contributed by atoms with E-state index in [-0.39, 0.29) is 29.2 Å². The van der Waals surface area contributed by atoms with Gasteiger partial charge >= 0.3 is 5.69 Å². The number of sulfonamides is 1. The Balaban J connectivity index is 2.22. The van der Waals surface area contributed by atoms with Crippen molar-refractivity contribution in [3.63, 3.8) is 0 Å². The first-order valence-electron chi connectivity index (χ1n) is 9.04. The Morgan fingerprint density at radius 3 is 2.47 bits per heavy atom. The van der Waals surface area contributed by atoms with E-state index >= 15 is 0 Å². The molecule has 0 aliphatic carbocycles. The summed E-state index contributed by atoms with van der Waals surface area (Å²) in [5.41, 5.74) is 6.77. The van der Waals surface area contributed by atoms with Gasteiger partial charge in [-0.15, -0.1) is 0 Å². The highest BCUT2D eigenvalue weighted by molar-refractivity contribution is 7.89. The molecule has 2 aromatic carbocycles. The van der Waals surface area contributed by atoms with Crippen LogP contribution in [0.5, 0.6) is 0 Å². The molecule has 30 heavy (non-hydrogen) atoms. The van der Waals surface area contributed by atoms with Crippen molar-refractivity contribution in [3.8, 4) is 16.8 Å². The zero-order valence-electron chi connectivity index (χ0n) is 16.6. The van der Waals surface area contributed by atoms with Crippen LogP contribution in [0.25, 0.3) is 16.8 Å². The lowest BCUT2D eigenvalue weighted by molar-refractivity contribution is 0.520. The minimum absolute atomic E-state index is 0.0473. The summed E-state index contributed by atoms with van der Waals surface area (Å²) in [7, 11) is -1.02. The number of halogens is 1. The van der Waals surface area contributed by atoms with Crippen LogP contribution in [0, 0.1) is 0 Å². The number of hydrogen-bond acceptors (Lipinski definition) is 5. The maximum Gasteiger partial charge on any atom is 0.350 e. The minimum Gasteiger partial charge on any atom is -0.327 e. The lowest BCUT2D eigenvalue weighted by Crippen LogP contribution is -2.28. The predicted octanol–water partition coefficient (Wildman–Crippen LogP) is 1.76. The van der Waals surface area contributed by atoms with Gasteiger partial charge in [-0.3, -0.25) is 0 Å². The van der Waals surface area contributed by atoms with E-state index < -0.39 is 15.7 Å². The van der Waals surface area contributed by atoms with E-state index in [1.54, 1.807) is 12.1 Å². The fourth-order valence-electron chi connectivity index (χ4n) is 2.88. The van der Waals surface area contributed by atoms with Gasteiger partial charge in [0.2, 0.25) is 10.0 Å². The van der Waals surface area contributed by atoms with Gasteiger partial charge in [0, 0.05) is 20.6 Å². The molecule has 0 fully saturated rings. The summed E-state index contributed by atoms with van der Waals surface area (Å²) in [6.07, 6.45) is 1.55. The van der Waals surface area contributed by atoms with Crippen LogP contribution < -0.4 is 11.4 Å².